The minimum absolute atomic E-state index is 0.180. The molecule has 0 aliphatic carbocycles. The van der Waals surface area contributed by atoms with E-state index in [1.807, 2.05) is 0 Å². The first-order valence-electron chi connectivity index (χ1n) is 3.16. The van der Waals surface area contributed by atoms with Crippen LogP contribution in [0.3, 0.4) is 0 Å². The fraction of sp³-hybridized carbons (Fsp3) is 0.200. The molecule has 1 rings (SSSR count). The second-order valence-electron chi connectivity index (χ2n) is 1.91. The van der Waals surface area contributed by atoms with Gasteiger partial charge < -0.3 is 16.1 Å². The van der Waals surface area contributed by atoms with Gasteiger partial charge in [0.2, 0.25) is 0 Å². The molecular formula is C5H8N6O. The van der Waals surface area contributed by atoms with Gasteiger partial charge in [-0.05, 0) is 0 Å². The van der Waals surface area contributed by atoms with Crippen molar-refractivity contribution >= 4 is 11.7 Å². The lowest BCUT2D eigenvalue weighted by Gasteiger charge is -1.90. The smallest absolute Gasteiger partial charge is 0.286 e. The maximum atomic E-state index is 10.9. The number of H-pyrrole nitrogens is 1. The summed E-state index contributed by atoms with van der Waals surface area (Å²) >= 11 is 0. The Morgan fingerprint density at radius 1 is 1.83 bits per heavy atom. The molecule has 4 N–H and O–H groups in total. The molecular weight excluding hydrogens is 160 g/mol. The maximum Gasteiger partial charge on any atom is 0.286 e. The SMILES string of the molecule is CNC(=O)c1ncc(N=NN)[nH]1. The van der Waals surface area contributed by atoms with Crippen LogP contribution in [0.5, 0.6) is 0 Å². The van der Waals surface area contributed by atoms with Gasteiger partial charge in [-0.3, -0.25) is 4.79 Å². The number of nitrogens with zero attached hydrogens (tertiary/aromatic N) is 3. The number of amides is 1. The molecule has 1 aromatic rings. The van der Waals surface area contributed by atoms with Crippen molar-refractivity contribution < 1.29 is 4.79 Å². The van der Waals surface area contributed by atoms with Gasteiger partial charge in [0.1, 0.15) is 0 Å². The molecule has 0 aliphatic heterocycles. The van der Waals surface area contributed by atoms with Crippen LogP contribution in [0.4, 0.5) is 5.82 Å². The molecule has 0 atom stereocenters. The number of hydrogen-bond acceptors (Lipinski definition) is 4. The van der Waals surface area contributed by atoms with Crippen molar-refractivity contribution in [3.8, 4) is 0 Å². The Balaban J connectivity index is 2.84. The zero-order valence-electron chi connectivity index (χ0n) is 6.40. The third-order valence-corrected chi connectivity index (χ3v) is 1.17. The summed E-state index contributed by atoms with van der Waals surface area (Å²) in [6.45, 7) is 0. The summed E-state index contributed by atoms with van der Waals surface area (Å²) in [5.41, 5.74) is 0. The number of imidazole rings is 1. The highest BCUT2D eigenvalue weighted by molar-refractivity contribution is 5.90. The molecule has 12 heavy (non-hydrogen) atoms. The van der Waals surface area contributed by atoms with Crippen LogP contribution >= 0.6 is 0 Å². The lowest BCUT2D eigenvalue weighted by Crippen LogP contribution is -2.19. The Morgan fingerprint density at radius 2 is 2.58 bits per heavy atom. The molecule has 0 spiro atoms. The van der Waals surface area contributed by atoms with E-state index in [1.165, 1.54) is 13.2 Å². The molecule has 0 aromatic carbocycles. The van der Waals surface area contributed by atoms with Crippen LogP contribution in [0.15, 0.2) is 16.5 Å². The van der Waals surface area contributed by atoms with Crippen LogP contribution < -0.4 is 11.2 Å². The highest BCUT2D eigenvalue weighted by Crippen LogP contribution is 2.06. The molecule has 0 unspecified atom stereocenters. The van der Waals surface area contributed by atoms with Gasteiger partial charge in [0.25, 0.3) is 5.91 Å². The van der Waals surface area contributed by atoms with E-state index in [4.69, 9.17) is 5.84 Å². The predicted molar refractivity (Wildman–Crippen MR) is 40.7 cm³/mol. The molecule has 1 aromatic heterocycles. The normalized spacial score (nSPS) is 10.4. The standard InChI is InChI=1S/C5H8N6O/c1-7-5(12)4-8-2-3(9-4)10-11-6/h2H,1H3,(H2,6,10)(H,7,12)(H,8,9). The third-order valence-electron chi connectivity index (χ3n) is 1.17. The number of nitrogens with two attached hydrogens (primary N) is 1. The molecule has 7 nitrogen and oxygen atoms in total. The lowest BCUT2D eigenvalue weighted by atomic mass is 10.6. The summed E-state index contributed by atoms with van der Waals surface area (Å²) in [6, 6.07) is 0. The summed E-state index contributed by atoms with van der Waals surface area (Å²) in [6.07, 6.45) is 1.36. The van der Waals surface area contributed by atoms with E-state index in [2.05, 4.69) is 25.6 Å². The van der Waals surface area contributed by atoms with E-state index in [0.29, 0.717) is 5.82 Å². The fourth-order valence-corrected chi connectivity index (χ4v) is 0.658. The van der Waals surface area contributed by atoms with Gasteiger partial charge in [-0.1, -0.05) is 5.22 Å². The molecule has 0 fully saturated rings. The summed E-state index contributed by atoms with van der Waals surface area (Å²) in [5.74, 6) is 5.00. The van der Waals surface area contributed by atoms with Crippen LogP contribution in [0, 0.1) is 0 Å². The average molecular weight is 168 g/mol. The molecule has 1 amide bonds. The largest absolute Gasteiger partial charge is 0.352 e. The van der Waals surface area contributed by atoms with E-state index in [1.54, 1.807) is 0 Å². The molecule has 7 heteroatoms. The highest BCUT2D eigenvalue weighted by Gasteiger charge is 2.06. The Bertz CT molecular complexity index is 303. The van der Waals surface area contributed by atoms with Crippen LogP contribution in [-0.2, 0) is 0 Å². The molecule has 1 heterocycles. The van der Waals surface area contributed by atoms with Gasteiger partial charge in [-0.2, -0.15) is 0 Å². The number of carbonyl (C=O) groups is 1. The molecule has 0 bridgehead atoms. The monoisotopic (exact) mass is 168 g/mol. The van der Waals surface area contributed by atoms with E-state index >= 15 is 0 Å². The zero-order valence-corrected chi connectivity index (χ0v) is 6.40. The lowest BCUT2D eigenvalue weighted by molar-refractivity contribution is 0.0954. The Labute approximate surface area is 68.1 Å². The van der Waals surface area contributed by atoms with Crippen molar-refractivity contribution in [2.75, 3.05) is 7.05 Å². The number of rotatable bonds is 2. The average Bonchev–Trinajstić information content (AvgIpc) is 2.52. The fourth-order valence-electron chi connectivity index (χ4n) is 0.658. The van der Waals surface area contributed by atoms with Gasteiger partial charge in [0.05, 0.1) is 6.20 Å². The van der Waals surface area contributed by atoms with Crippen LogP contribution in [-0.4, -0.2) is 22.9 Å². The second kappa shape index (κ2) is 3.46. The Kier molecular flexibility index (Phi) is 2.36. The first-order valence-corrected chi connectivity index (χ1v) is 3.16. The molecule has 0 aliphatic rings. The predicted octanol–water partition coefficient (Wildman–Crippen LogP) is -0.273. The molecule has 0 radical (unpaired) electrons. The summed E-state index contributed by atoms with van der Waals surface area (Å²) in [4.78, 5) is 17.3. The van der Waals surface area contributed by atoms with Crippen molar-refractivity contribution in [3.63, 3.8) is 0 Å². The van der Waals surface area contributed by atoms with Crippen molar-refractivity contribution in [1.29, 1.82) is 0 Å². The van der Waals surface area contributed by atoms with Gasteiger partial charge >= 0.3 is 0 Å². The summed E-state index contributed by atoms with van der Waals surface area (Å²) in [5, 5.41) is 8.88. The maximum absolute atomic E-state index is 10.9. The highest BCUT2D eigenvalue weighted by atomic mass is 16.2. The van der Waals surface area contributed by atoms with Gasteiger partial charge in [0.15, 0.2) is 11.6 Å². The number of aromatic amines is 1. The summed E-state index contributed by atoms with van der Waals surface area (Å²) in [7, 11) is 1.51. The Hall–Kier alpha value is -1.92. The zero-order chi connectivity index (χ0) is 8.97. The Morgan fingerprint density at radius 3 is 3.17 bits per heavy atom. The first kappa shape index (κ1) is 8.18. The first-order chi connectivity index (χ1) is 5.77. The van der Waals surface area contributed by atoms with Crippen molar-refractivity contribution in [3.05, 3.63) is 12.0 Å². The van der Waals surface area contributed by atoms with Crippen LogP contribution in [0.1, 0.15) is 10.6 Å². The van der Waals surface area contributed by atoms with E-state index in [0.717, 1.165) is 0 Å². The van der Waals surface area contributed by atoms with Crippen molar-refractivity contribution in [2.45, 2.75) is 0 Å². The molecule has 0 saturated carbocycles. The molecule has 64 valence electrons. The van der Waals surface area contributed by atoms with Crippen LogP contribution in [0.25, 0.3) is 0 Å². The third kappa shape index (κ3) is 1.57. The number of nitrogens with one attached hydrogen (secondary N) is 2. The van der Waals surface area contributed by atoms with Crippen LogP contribution in [0.2, 0.25) is 0 Å². The second-order valence-corrected chi connectivity index (χ2v) is 1.91. The number of carbonyl (C=O) groups excluding carboxylic acids is 1. The summed E-state index contributed by atoms with van der Waals surface area (Å²) < 4.78 is 0. The van der Waals surface area contributed by atoms with Gasteiger partial charge in [-0.15, -0.1) is 5.11 Å². The van der Waals surface area contributed by atoms with Crippen molar-refractivity contribution in [2.24, 2.45) is 16.2 Å². The van der Waals surface area contributed by atoms with Crippen molar-refractivity contribution in [1.82, 2.24) is 15.3 Å². The van der Waals surface area contributed by atoms with E-state index < -0.39 is 0 Å². The minimum atomic E-state index is -0.312. The number of hydrogen-bond donors (Lipinski definition) is 3. The minimum Gasteiger partial charge on any atom is -0.352 e. The quantitative estimate of drug-likeness (QED) is 0.321. The number of aromatic nitrogens is 2. The van der Waals surface area contributed by atoms with Gasteiger partial charge in [0, 0.05) is 7.05 Å². The topological polar surface area (TPSA) is 109 Å². The molecule has 0 saturated heterocycles. The van der Waals surface area contributed by atoms with Gasteiger partial charge in [-0.25, -0.2) is 4.98 Å². The van der Waals surface area contributed by atoms with E-state index in [-0.39, 0.29) is 11.7 Å². The van der Waals surface area contributed by atoms with E-state index in [9.17, 15) is 4.79 Å².